The van der Waals surface area contributed by atoms with Gasteiger partial charge in [-0.05, 0) is 55.3 Å². The molecule has 168 valence electrons. The predicted octanol–water partition coefficient (Wildman–Crippen LogP) is 4.45. The van der Waals surface area contributed by atoms with Gasteiger partial charge in [0.25, 0.3) is 11.5 Å². The number of likely N-dealkylation sites (tertiary alicyclic amines) is 1. The van der Waals surface area contributed by atoms with Gasteiger partial charge in [0, 0.05) is 30.2 Å². The van der Waals surface area contributed by atoms with E-state index in [1.165, 1.54) is 23.5 Å². The predicted molar refractivity (Wildman–Crippen MR) is 128 cm³/mol. The summed E-state index contributed by atoms with van der Waals surface area (Å²) in [5.74, 6) is -0.517. The maximum Gasteiger partial charge on any atom is 0.266 e. The Bertz CT molecular complexity index is 1410. The summed E-state index contributed by atoms with van der Waals surface area (Å²) in [7, 11) is 0. The van der Waals surface area contributed by atoms with Gasteiger partial charge in [0.2, 0.25) is 0 Å². The number of aliphatic hydroxyl groups excluding tert-OH is 1. The second-order valence-electron chi connectivity index (χ2n) is 8.15. The van der Waals surface area contributed by atoms with Crippen molar-refractivity contribution in [3.05, 3.63) is 87.3 Å². The molecule has 1 aliphatic rings. The second-order valence-corrected chi connectivity index (χ2v) is 9.15. The van der Waals surface area contributed by atoms with Crippen molar-refractivity contribution in [3.63, 3.8) is 0 Å². The summed E-state index contributed by atoms with van der Waals surface area (Å²) in [4.78, 5) is 29.0. The lowest BCUT2D eigenvalue weighted by Crippen LogP contribution is -2.29. The highest BCUT2D eigenvalue weighted by atomic mass is 32.1. The molecule has 2 aromatic carbocycles. The first-order valence-corrected chi connectivity index (χ1v) is 11.5. The zero-order chi connectivity index (χ0) is 23.1. The lowest BCUT2D eigenvalue weighted by atomic mass is 10.2. The molecule has 4 aromatic rings. The molecule has 3 heterocycles. The maximum absolute atomic E-state index is 13.8. The minimum atomic E-state index is -0.540. The number of thiophene rings is 1. The molecule has 1 fully saturated rings. The fourth-order valence-corrected chi connectivity index (χ4v) is 5.35. The van der Waals surface area contributed by atoms with E-state index in [1.54, 1.807) is 34.6 Å². The van der Waals surface area contributed by atoms with Gasteiger partial charge in [-0.25, -0.2) is 4.39 Å². The number of benzene rings is 2. The Morgan fingerprint density at radius 3 is 2.64 bits per heavy atom. The molecule has 0 bridgehead atoms. The SMILES string of the molecule is Cc1cc(Nc2c(C(=O)N3CC[C@@H](O)C3)sc3c2ccc(=O)n3-c2ccccc2)ccc1F. The number of anilines is 2. The number of carbonyl (C=O) groups is 1. The van der Waals surface area contributed by atoms with Crippen LogP contribution in [0.5, 0.6) is 0 Å². The minimum Gasteiger partial charge on any atom is -0.391 e. The molecule has 1 amide bonds. The Kier molecular flexibility index (Phi) is 5.47. The number of carbonyl (C=O) groups excluding carboxylic acids is 1. The highest BCUT2D eigenvalue weighted by Crippen LogP contribution is 2.39. The molecule has 0 saturated carbocycles. The van der Waals surface area contributed by atoms with E-state index < -0.39 is 6.10 Å². The van der Waals surface area contributed by atoms with Gasteiger partial charge in [0.15, 0.2) is 0 Å². The lowest BCUT2D eigenvalue weighted by molar-refractivity contribution is 0.0770. The first kappa shape index (κ1) is 21.4. The number of aliphatic hydroxyl groups is 1. The molecule has 0 radical (unpaired) electrons. The topological polar surface area (TPSA) is 74.6 Å². The van der Waals surface area contributed by atoms with Crippen LogP contribution in [0.15, 0.2) is 65.5 Å². The Balaban J connectivity index is 1.71. The summed E-state index contributed by atoms with van der Waals surface area (Å²) in [6, 6.07) is 17.1. The van der Waals surface area contributed by atoms with Crippen LogP contribution in [0.2, 0.25) is 0 Å². The van der Waals surface area contributed by atoms with Gasteiger partial charge >= 0.3 is 0 Å². The molecule has 0 unspecified atom stereocenters. The zero-order valence-electron chi connectivity index (χ0n) is 17.9. The van der Waals surface area contributed by atoms with Crippen molar-refractivity contribution in [3.8, 4) is 5.69 Å². The van der Waals surface area contributed by atoms with E-state index in [9.17, 15) is 19.1 Å². The fraction of sp³-hybridized carbons (Fsp3) is 0.200. The summed E-state index contributed by atoms with van der Waals surface area (Å²) in [6.07, 6.45) is -0.00682. The Labute approximate surface area is 193 Å². The summed E-state index contributed by atoms with van der Waals surface area (Å²) in [5, 5.41) is 14.0. The van der Waals surface area contributed by atoms with Gasteiger partial charge in [0.05, 0.1) is 17.5 Å². The number of nitrogens with one attached hydrogen (secondary N) is 1. The smallest absolute Gasteiger partial charge is 0.266 e. The van der Waals surface area contributed by atoms with Crippen LogP contribution in [-0.2, 0) is 0 Å². The number of aryl methyl sites for hydroxylation is 1. The quantitative estimate of drug-likeness (QED) is 0.469. The monoisotopic (exact) mass is 463 g/mol. The lowest BCUT2D eigenvalue weighted by Gasteiger charge is -2.16. The second kappa shape index (κ2) is 8.46. The Morgan fingerprint density at radius 2 is 1.94 bits per heavy atom. The van der Waals surface area contributed by atoms with Gasteiger partial charge in [0.1, 0.15) is 15.5 Å². The molecule has 1 saturated heterocycles. The van der Waals surface area contributed by atoms with Crippen molar-refractivity contribution in [2.45, 2.75) is 19.4 Å². The highest BCUT2D eigenvalue weighted by Gasteiger charge is 2.30. The summed E-state index contributed by atoms with van der Waals surface area (Å²) >= 11 is 1.24. The van der Waals surface area contributed by atoms with Crippen LogP contribution in [0.3, 0.4) is 0 Å². The van der Waals surface area contributed by atoms with Gasteiger partial charge in [-0.3, -0.25) is 14.2 Å². The van der Waals surface area contributed by atoms with Gasteiger partial charge in [-0.15, -0.1) is 11.3 Å². The van der Waals surface area contributed by atoms with E-state index in [-0.39, 0.29) is 23.8 Å². The van der Waals surface area contributed by atoms with Crippen molar-refractivity contribution in [1.82, 2.24) is 9.47 Å². The van der Waals surface area contributed by atoms with E-state index in [0.29, 0.717) is 50.7 Å². The summed E-state index contributed by atoms with van der Waals surface area (Å²) in [6.45, 7) is 2.42. The number of nitrogens with zero attached hydrogens (tertiary/aromatic N) is 2. The number of hydrogen-bond donors (Lipinski definition) is 2. The van der Waals surface area contributed by atoms with Gasteiger partial charge < -0.3 is 15.3 Å². The van der Waals surface area contributed by atoms with Crippen LogP contribution in [0.1, 0.15) is 21.7 Å². The average molecular weight is 464 g/mol. The molecule has 0 spiro atoms. The standard InChI is InChI=1S/C25H22FN3O3S/c1-15-13-16(7-9-20(15)26)27-22-19-8-10-21(31)29(17-5-3-2-4-6-17)25(19)33-23(22)24(32)28-12-11-18(30)14-28/h2-10,13,18,27,30H,11-12,14H2,1H3/t18-/m1/s1. The molecule has 0 aliphatic carbocycles. The van der Waals surface area contributed by atoms with Crippen LogP contribution in [-0.4, -0.2) is 39.7 Å². The third-order valence-electron chi connectivity index (χ3n) is 5.83. The summed E-state index contributed by atoms with van der Waals surface area (Å²) < 4.78 is 15.4. The number of pyridine rings is 1. The van der Waals surface area contributed by atoms with Crippen LogP contribution >= 0.6 is 11.3 Å². The highest BCUT2D eigenvalue weighted by molar-refractivity contribution is 7.21. The number of fused-ring (bicyclic) bond motifs is 1. The molecule has 2 N–H and O–H groups in total. The molecule has 2 aromatic heterocycles. The molecule has 8 heteroatoms. The van der Waals surface area contributed by atoms with E-state index in [1.807, 2.05) is 30.3 Å². The molecular weight excluding hydrogens is 441 g/mol. The van der Waals surface area contributed by atoms with E-state index in [0.717, 1.165) is 0 Å². The number of para-hydroxylation sites is 1. The first-order chi connectivity index (χ1) is 15.9. The minimum absolute atomic E-state index is 0.199. The van der Waals surface area contributed by atoms with Crippen LogP contribution in [0.4, 0.5) is 15.8 Å². The average Bonchev–Trinajstić information content (AvgIpc) is 3.40. The maximum atomic E-state index is 13.8. The van der Waals surface area contributed by atoms with E-state index >= 15 is 0 Å². The largest absolute Gasteiger partial charge is 0.391 e. The van der Waals surface area contributed by atoms with Crippen LogP contribution < -0.4 is 10.9 Å². The van der Waals surface area contributed by atoms with Crippen molar-refractivity contribution in [2.75, 3.05) is 18.4 Å². The van der Waals surface area contributed by atoms with Crippen molar-refractivity contribution in [1.29, 1.82) is 0 Å². The third-order valence-corrected chi connectivity index (χ3v) is 7.01. The van der Waals surface area contributed by atoms with Gasteiger partial charge in [-0.1, -0.05) is 18.2 Å². The number of β-amino-alcohol motifs (C(OH)–C–C–N with tert-alkyl or cyclic N) is 1. The summed E-state index contributed by atoms with van der Waals surface area (Å²) in [5.41, 5.74) is 2.19. The number of aromatic nitrogens is 1. The third kappa shape index (κ3) is 3.92. The van der Waals surface area contributed by atoms with Crippen LogP contribution in [0, 0.1) is 12.7 Å². The molecule has 33 heavy (non-hydrogen) atoms. The van der Waals surface area contributed by atoms with Crippen molar-refractivity contribution in [2.24, 2.45) is 0 Å². The van der Waals surface area contributed by atoms with Crippen LogP contribution in [0.25, 0.3) is 15.9 Å². The van der Waals surface area contributed by atoms with Crippen molar-refractivity contribution < 1.29 is 14.3 Å². The molecule has 5 rings (SSSR count). The van der Waals surface area contributed by atoms with Gasteiger partial charge in [-0.2, -0.15) is 0 Å². The molecule has 1 atom stereocenters. The number of amides is 1. The zero-order valence-corrected chi connectivity index (χ0v) is 18.7. The molecular formula is C25H22FN3O3S. The van der Waals surface area contributed by atoms with E-state index in [2.05, 4.69) is 5.32 Å². The Morgan fingerprint density at radius 1 is 1.15 bits per heavy atom. The van der Waals surface area contributed by atoms with Crippen molar-refractivity contribution >= 4 is 38.8 Å². The fourth-order valence-electron chi connectivity index (χ4n) is 4.11. The number of rotatable bonds is 4. The molecule has 1 aliphatic heterocycles. The van der Waals surface area contributed by atoms with E-state index in [4.69, 9.17) is 0 Å². The first-order valence-electron chi connectivity index (χ1n) is 10.7. The number of halogens is 1. The number of hydrogen-bond acceptors (Lipinski definition) is 5. The normalized spacial score (nSPS) is 15.8. The Hall–Kier alpha value is -3.49. The molecule has 6 nitrogen and oxygen atoms in total.